The molecule has 5 heteroatoms. The molecule has 5 nitrogen and oxygen atoms in total. The molecule has 0 saturated carbocycles. The molecule has 0 spiro atoms. The summed E-state index contributed by atoms with van der Waals surface area (Å²) < 4.78 is 0. The number of rotatable bonds is 6. The Morgan fingerprint density at radius 1 is 1.28 bits per heavy atom. The van der Waals surface area contributed by atoms with Gasteiger partial charge in [-0.2, -0.15) is 5.26 Å². The van der Waals surface area contributed by atoms with Crippen molar-refractivity contribution in [2.75, 3.05) is 31.5 Å². The van der Waals surface area contributed by atoms with Gasteiger partial charge in [0.2, 0.25) is 5.91 Å². The maximum absolute atomic E-state index is 12.0. The molecule has 25 heavy (non-hydrogen) atoms. The quantitative estimate of drug-likeness (QED) is 0.865. The first-order chi connectivity index (χ1) is 12.2. The maximum Gasteiger partial charge on any atom is 0.224 e. The number of piperidine rings is 1. The number of anilines is 1. The van der Waals surface area contributed by atoms with Crippen LogP contribution in [0, 0.1) is 11.3 Å². The molecule has 1 aromatic carbocycles. The van der Waals surface area contributed by atoms with Gasteiger partial charge in [-0.15, -0.1) is 0 Å². The number of nitriles is 1. The van der Waals surface area contributed by atoms with Crippen LogP contribution in [0.5, 0.6) is 0 Å². The first kappa shape index (κ1) is 17.9. The summed E-state index contributed by atoms with van der Waals surface area (Å²) in [4.78, 5) is 17.1. The molecule has 134 valence electrons. The molecule has 1 N–H and O–H groups in total. The Balaban J connectivity index is 1.31. The third kappa shape index (κ3) is 4.81. The van der Waals surface area contributed by atoms with Gasteiger partial charge in [0, 0.05) is 37.3 Å². The Morgan fingerprint density at radius 2 is 2.04 bits per heavy atom. The zero-order chi connectivity index (χ0) is 17.6. The number of carbonyl (C=O) groups is 1. The number of nitrogens with zero attached hydrogens (tertiary/aromatic N) is 3. The molecule has 2 fully saturated rings. The predicted molar refractivity (Wildman–Crippen MR) is 99.3 cm³/mol. The van der Waals surface area contributed by atoms with Crippen molar-refractivity contribution in [3.8, 4) is 6.07 Å². The third-order valence-corrected chi connectivity index (χ3v) is 5.44. The number of hydrogen-bond donors (Lipinski definition) is 1. The van der Waals surface area contributed by atoms with Gasteiger partial charge < -0.3 is 10.2 Å². The molecule has 1 amide bonds. The lowest BCUT2D eigenvalue weighted by molar-refractivity contribution is -0.116. The molecule has 0 radical (unpaired) electrons. The Labute approximate surface area is 150 Å². The van der Waals surface area contributed by atoms with Crippen LogP contribution < -0.4 is 5.32 Å². The molecular weight excluding hydrogens is 312 g/mol. The van der Waals surface area contributed by atoms with Crippen molar-refractivity contribution in [3.05, 3.63) is 29.8 Å². The summed E-state index contributed by atoms with van der Waals surface area (Å²) in [5.41, 5.74) is 1.36. The van der Waals surface area contributed by atoms with Crippen molar-refractivity contribution in [2.24, 2.45) is 0 Å². The number of hydrogen-bond acceptors (Lipinski definition) is 4. The summed E-state index contributed by atoms with van der Waals surface area (Å²) in [6.45, 7) is 6.92. The minimum absolute atomic E-state index is 0.0476. The second-order valence-electron chi connectivity index (χ2n) is 7.34. The normalized spacial score (nSPS) is 22.2. The summed E-state index contributed by atoms with van der Waals surface area (Å²) in [6, 6.07) is 10.5. The van der Waals surface area contributed by atoms with Crippen LogP contribution in [0.25, 0.3) is 0 Å². The van der Waals surface area contributed by atoms with Crippen molar-refractivity contribution in [1.29, 1.82) is 5.26 Å². The van der Waals surface area contributed by atoms with Gasteiger partial charge in [-0.3, -0.25) is 9.69 Å². The van der Waals surface area contributed by atoms with Crippen LogP contribution >= 0.6 is 0 Å². The largest absolute Gasteiger partial charge is 0.326 e. The molecule has 2 saturated heterocycles. The van der Waals surface area contributed by atoms with Crippen LogP contribution in [0.2, 0.25) is 0 Å². The highest BCUT2D eigenvalue weighted by atomic mass is 16.1. The number of carbonyl (C=O) groups excluding carboxylic acids is 1. The van der Waals surface area contributed by atoms with E-state index in [1.165, 1.54) is 25.8 Å². The van der Waals surface area contributed by atoms with E-state index in [0.717, 1.165) is 43.8 Å². The summed E-state index contributed by atoms with van der Waals surface area (Å²) in [7, 11) is 0. The van der Waals surface area contributed by atoms with E-state index in [4.69, 9.17) is 5.26 Å². The Kier molecular flexibility index (Phi) is 6.06. The van der Waals surface area contributed by atoms with Crippen molar-refractivity contribution in [3.63, 3.8) is 0 Å². The number of likely N-dealkylation sites (tertiary alicyclic amines) is 2. The standard InChI is InChI=1S/C20H28N4O/c1-16-5-2-3-12-24(16)19-14-23(15-19)11-4-6-20(25)22-18-9-7-17(13-21)8-10-18/h7-10,16,19H,2-6,11-12,14-15H2,1H3,(H,22,25)/t16-/m0/s1. The summed E-state index contributed by atoms with van der Waals surface area (Å²) in [6.07, 6.45) is 5.50. The molecule has 2 aliphatic rings. The van der Waals surface area contributed by atoms with Gasteiger partial charge >= 0.3 is 0 Å². The second kappa shape index (κ2) is 8.46. The van der Waals surface area contributed by atoms with Crippen molar-refractivity contribution in [1.82, 2.24) is 9.80 Å². The van der Waals surface area contributed by atoms with Gasteiger partial charge in [-0.25, -0.2) is 0 Å². The third-order valence-electron chi connectivity index (χ3n) is 5.44. The molecular formula is C20H28N4O. The van der Waals surface area contributed by atoms with Crippen LogP contribution in [0.3, 0.4) is 0 Å². The molecule has 2 heterocycles. The van der Waals surface area contributed by atoms with Gasteiger partial charge in [0.1, 0.15) is 0 Å². The molecule has 0 unspecified atom stereocenters. The highest BCUT2D eigenvalue weighted by Crippen LogP contribution is 2.24. The van der Waals surface area contributed by atoms with Gasteiger partial charge in [0.15, 0.2) is 0 Å². The average Bonchev–Trinajstić information content (AvgIpc) is 2.58. The smallest absolute Gasteiger partial charge is 0.224 e. The van der Waals surface area contributed by atoms with Crippen LogP contribution in [-0.2, 0) is 4.79 Å². The van der Waals surface area contributed by atoms with Gasteiger partial charge in [0.05, 0.1) is 11.6 Å². The molecule has 1 aromatic rings. The number of nitrogens with one attached hydrogen (secondary N) is 1. The molecule has 0 aliphatic carbocycles. The summed E-state index contributed by atoms with van der Waals surface area (Å²) >= 11 is 0. The van der Waals surface area contributed by atoms with E-state index in [1.807, 2.05) is 0 Å². The lowest BCUT2D eigenvalue weighted by Crippen LogP contribution is -2.62. The average molecular weight is 340 g/mol. The van der Waals surface area contributed by atoms with Crippen LogP contribution in [0.4, 0.5) is 5.69 Å². The highest BCUT2D eigenvalue weighted by Gasteiger charge is 2.34. The number of amides is 1. The first-order valence-corrected chi connectivity index (χ1v) is 9.44. The van der Waals surface area contributed by atoms with E-state index in [2.05, 4.69) is 28.1 Å². The topological polar surface area (TPSA) is 59.4 Å². The summed E-state index contributed by atoms with van der Waals surface area (Å²) in [5, 5.41) is 11.7. The van der Waals surface area contributed by atoms with Crippen LogP contribution in [0.15, 0.2) is 24.3 Å². The van der Waals surface area contributed by atoms with E-state index in [9.17, 15) is 4.79 Å². The zero-order valence-electron chi connectivity index (χ0n) is 15.1. The van der Waals surface area contributed by atoms with Crippen LogP contribution in [-0.4, -0.2) is 54.0 Å². The Bertz CT molecular complexity index is 616. The van der Waals surface area contributed by atoms with E-state index in [1.54, 1.807) is 24.3 Å². The zero-order valence-corrected chi connectivity index (χ0v) is 15.1. The fourth-order valence-corrected chi connectivity index (χ4v) is 3.91. The SMILES string of the molecule is C[C@H]1CCCCN1C1CN(CCCC(=O)Nc2ccc(C#N)cc2)C1. The van der Waals surface area contributed by atoms with Crippen molar-refractivity contribution >= 4 is 11.6 Å². The fourth-order valence-electron chi connectivity index (χ4n) is 3.91. The lowest BCUT2D eigenvalue weighted by Gasteiger charge is -2.49. The molecule has 3 rings (SSSR count). The lowest BCUT2D eigenvalue weighted by atomic mass is 9.97. The summed E-state index contributed by atoms with van der Waals surface area (Å²) in [5.74, 6) is 0.0476. The highest BCUT2D eigenvalue weighted by molar-refractivity contribution is 5.90. The fraction of sp³-hybridized carbons (Fsp3) is 0.600. The van der Waals surface area contributed by atoms with Gasteiger partial charge in [-0.05, 0) is 63.5 Å². The Hall–Kier alpha value is -1.90. The van der Waals surface area contributed by atoms with Crippen molar-refractivity contribution < 1.29 is 4.79 Å². The predicted octanol–water partition coefficient (Wildman–Crippen LogP) is 2.84. The van der Waals surface area contributed by atoms with E-state index in [-0.39, 0.29) is 5.91 Å². The number of benzene rings is 1. The minimum Gasteiger partial charge on any atom is -0.326 e. The molecule has 0 bridgehead atoms. The molecule has 0 aromatic heterocycles. The second-order valence-corrected chi connectivity index (χ2v) is 7.34. The molecule has 1 atom stereocenters. The van der Waals surface area contributed by atoms with Gasteiger partial charge in [0.25, 0.3) is 0 Å². The van der Waals surface area contributed by atoms with E-state index >= 15 is 0 Å². The Morgan fingerprint density at radius 3 is 2.72 bits per heavy atom. The monoisotopic (exact) mass is 340 g/mol. The van der Waals surface area contributed by atoms with E-state index < -0.39 is 0 Å². The van der Waals surface area contributed by atoms with E-state index in [0.29, 0.717) is 12.0 Å². The van der Waals surface area contributed by atoms with Crippen LogP contribution in [0.1, 0.15) is 44.6 Å². The minimum atomic E-state index is 0.0476. The maximum atomic E-state index is 12.0. The van der Waals surface area contributed by atoms with Gasteiger partial charge in [-0.1, -0.05) is 6.42 Å². The molecule has 2 aliphatic heterocycles. The van der Waals surface area contributed by atoms with Crippen molar-refractivity contribution in [2.45, 2.75) is 51.1 Å². The first-order valence-electron chi connectivity index (χ1n) is 9.44.